The van der Waals surface area contributed by atoms with E-state index in [4.69, 9.17) is 4.42 Å². The molecule has 3 aromatic rings. The number of anilines is 1. The van der Waals surface area contributed by atoms with E-state index in [1.807, 2.05) is 45.0 Å². The lowest BCUT2D eigenvalue weighted by atomic mass is 10.2. The zero-order valence-electron chi connectivity index (χ0n) is 13.7. The Bertz CT molecular complexity index is 869. The van der Waals surface area contributed by atoms with Gasteiger partial charge in [0.2, 0.25) is 5.89 Å². The first-order valence-corrected chi connectivity index (χ1v) is 8.33. The van der Waals surface area contributed by atoms with Gasteiger partial charge >= 0.3 is 6.03 Å². The molecule has 0 radical (unpaired) electrons. The molecule has 0 saturated heterocycles. The molecule has 0 atom stereocenters. The Balaban J connectivity index is 1.63. The van der Waals surface area contributed by atoms with Crippen LogP contribution in [0.25, 0.3) is 11.5 Å². The van der Waals surface area contributed by atoms with Crippen LogP contribution in [-0.4, -0.2) is 16.0 Å². The summed E-state index contributed by atoms with van der Waals surface area (Å²) in [5, 5.41) is 6.67. The summed E-state index contributed by atoms with van der Waals surface area (Å²) in [4.78, 5) is 21.7. The minimum Gasteiger partial charge on any atom is -0.441 e. The summed E-state index contributed by atoms with van der Waals surface area (Å²) in [6.07, 6.45) is 1.67. The molecule has 0 fully saturated rings. The lowest BCUT2D eigenvalue weighted by molar-refractivity contribution is 0.252. The molecule has 2 N–H and O–H groups in total. The van der Waals surface area contributed by atoms with Crippen molar-refractivity contribution in [2.45, 2.75) is 27.3 Å². The third-order valence-corrected chi connectivity index (χ3v) is 4.47. The zero-order valence-corrected chi connectivity index (χ0v) is 14.5. The maximum absolute atomic E-state index is 12.1. The van der Waals surface area contributed by atoms with E-state index in [2.05, 4.69) is 20.6 Å². The SMILES string of the molecule is Cc1cnc(-c2cccc(NC(=O)NCc3sc(C)nc3C)c2)o1. The number of aromatic nitrogens is 2. The van der Waals surface area contributed by atoms with Crippen molar-refractivity contribution >= 4 is 23.1 Å². The summed E-state index contributed by atoms with van der Waals surface area (Å²) >= 11 is 1.59. The van der Waals surface area contributed by atoms with Gasteiger partial charge in [0.25, 0.3) is 0 Å². The first-order valence-electron chi connectivity index (χ1n) is 7.52. The van der Waals surface area contributed by atoms with Gasteiger partial charge < -0.3 is 15.1 Å². The highest BCUT2D eigenvalue weighted by atomic mass is 32.1. The average molecular weight is 342 g/mol. The number of rotatable bonds is 4. The highest BCUT2D eigenvalue weighted by molar-refractivity contribution is 7.11. The number of hydrogen-bond donors (Lipinski definition) is 2. The Kier molecular flexibility index (Phi) is 4.61. The largest absolute Gasteiger partial charge is 0.441 e. The van der Waals surface area contributed by atoms with Crippen LogP contribution >= 0.6 is 11.3 Å². The summed E-state index contributed by atoms with van der Waals surface area (Å²) in [6.45, 7) is 6.20. The van der Waals surface area contributed by atoms with Crippen molar-refractivity contribution in [3.8, 4) is 11.5 Å². The number of nitrogens with zero attached hydrogens (tertiary/aromatic N) is 2. The number of carbonyl (C=O) groups is 1. The molecule has 0 bridgehead atoms. The molecule has 0 aliphatic rings. The number of urea groups is 1. The molecule has 3 rings (SSSR count). The fourth-order valence-corrected chi connectivity index (χ4v) is 3.17. The Hall–Kier alpha value is -2.67. The first-order chi connectivity index (χ1) is 11.5. The molecule has 0 aliphatic carbocycles. The number of nitrogens with one attached hydrogen (secondary N) is 2. The van der Waals surface area contributed by atoms with Crippen LogP contribution < -0.4 is 10.6 Å². The Morgan fingerprint density at radius 2 is 2.12 bits per heavy atom. The van der Waals surface area contributed by atoms with Crippen molar-refractivity contribution < 1.29 is 9.21 Å². The van der Waals surface area contributed by atoms with Crippen LogP contribution in [0.3, 0.4) is 0 Å². The first kappa shape index (κ1) is 16.2. The number of oxazole rings is 1. The molecule has 7 heteroatoms. The molecule has 0 spiro atoms. The zero-order chi connectivity index (χ0) is 17.1. The van der Waals surface area contributed by atoms with E-state index in [9.17, 15) is 4.79 Å². The Labute approximate surface area is 144 Å². The second-order valence-corrected chi connectivity index (χ2v) is 6.69. The summed E-state index contributed by atoms with van der Waals surface area (Å²) in [5.41, 5.74) is 2.45. The Morgan fingerprint density at radius 1 is 1.29 bits per heavy atom. The predicted molar refractivity (Wildman–Crippen MR) is 94.1 cm³/mol. The predicted octanol–water partition coefficient (Wildman–Crippen LogP) is 4.05. The molecule has 24 heavy (non-hydrogen) atoms. The highest BCUT2D eigenvalue weighted by Crippen LogP contribution is 2.22. The van der Waals surface area contributed by atoms with E-state index in [-0.39, 0.29) is 6.03 Å². The fraction of sp³-hybridized carbons (Fsp3) is 0.235. The minimum absolute atomic E-state index is 0.263. The minimum atomic E-state index is -0.263. The van der Waals surface area contributed by atoms with Crippen LogP contribution in [0.5, 0.6) is 0 Å². The van der Waals surface area contributed by atoms with Crippen molar-refractivity contribution in [1.82, 2.24) is 15.3 Å². The molecule has 6 nitrogen and oxygen atoms in total. The normalized spacial score (nSPS) is 10.6. The van der Waals surface area contributed by atoms with Crippen LogP contribution in [0.2, 0.25) is 0 Å². The van der Waals surface area contributed by atoms with Crippen LogP contribution in [0.4, 0.5) is 10.5 Å². The van der Waals surface area contributed by atoms with E-state index >= 15 is 0 Å². The number of thiazole rings is 1. The number of hydrogen-bond acceptors (Lipinski definition) is 5. The van der Waals surface area contributed by atoms with E-state index < -0.39 is 0 Å². The van der Waals surface area contributed by atoms with E-state index in [0.717, 1.165) is 26.9 Å². The Morgan fingerprint density at radius 3 is 2.79 bits per heavy atom. The molecular formula is C17H18N4O2S. The van der Waals surface area contributed by atoms with Crippen LogP contribution in [0.15, 0.2) is 34.9 Å². The summed E-state index contributed by atoms with van der Waals surface area (Å²) in [6, 6.07) is 7.12. The van der Waals surface area contributed by atoms with Crippen LogP contribution in [0, 0.1) is 20.8 Å². The van der Waals surface area contributed by atoms with Gasteiger partial charge in [-0.1, -0.05) is 6.07 Å². The molecule has 0 saturated carbocycles. The highest BCUT2D eigenvalue weighted by Gasteiger charge is 2.09. The quantitative estimate of drug-likeness (QED) is 0.750. The molecule has 0 unspecified atom stereocenters. The number of carbonyl (C=O) groups excluding carboxylic acids is 1. The van der Waals surface area contributed by atoms with Crippen molar-refractivity contribution in [1.29, 1.82) is 0 Å². The van der Waals surface area contributed by atoms with Gasteiger partial charge in [-0.05, 0) is 39.0 Å². The summed E-state index contributed by atoms with van der Waals surface area (Å²) in [7, 11) is 0. The lowest BCUT2D eigenvalue weighted by Crippen LogP contribution is -2.28. The average Bonchev–Trinajstić information content (AvgIpc) is 3.11. The van der Waals surface area contributed by atoms with Crippen LogP contribution in [0.1, 0.15) is 21.3 Å². The van der Waals surface area contributed by atoms with Gasteiger partial charge in [-0.15, -0.1) is 11.3 Å². The van der Waals surface area contributed by atoms with E-state index in [1.165, 1.54) is 0 Å². The van der Waals surface area contributed by atoms with Gasteiger partial charge in [0.05, 0.1) is 23.4 Å². The van der Waals surface area contributed by atoms with Crippen molar-refractivity contribution in [3.05, 3.63) is 51.8 Å². The summed E-state index contributed by atoms with van der Waals surface area (Å²) < 4.78 is 5.51. The maximum Gasteiger partial charge on any atom is 0.319 e. The smallest absolute Gasteiger partial charge is 0.319 e. The standard InChI is InChI=1S/C17H18N4O2S/c1-10-8-18-16(23-10)13-5-4-6-14(7-13)21-17(22)19-9-15-11(2)20-12(3)24-15/h4-8H,9H2,1-3H3,(H2,19,21,22). The van der Waals surface area contributed by atoms with E-state index in [0.29, 0.717) is 18.1 Å². The second-order valence-electron chi connectivity index (χ2n) is 5.41. The van der Waals surface area contributed by atoms with Gasteiger partial charge in [0, 0.05) is 16.1 Å². The number of benzene rings is 1. The fourth-order valence-electron chi connectivity index (χ4n) is 2.29. The molecule has 1 aromatic carbocycles. The molecule has 2 aromatic heterocycles. The van der Waals surface area contributed by atoms with Crippen LogP contribution in [-0.2, 0) is 6.54 Å². The van der Waals surface area contributed by atoms with Crippen molar-refractivity contribution in [3.63, 3.8) is 0 Å². The molecule has 124 valence electrons. The van der Waals surface area contributed by atoms with Gasteiger partial charge in [-0.2, -0.15) is 0 Å². The number of amides is 2. The van der Waals surface area contributed by atoms with Gasteiger partial charge in [-0.25, -0.2) is 14.8 Å². The maximum atomic E-state index is 12.1. The van der Waals surface area contributed by atoms with Crippen molar-refractivity contribution in [2.75, 3.05) is 5.32 Å². The lowest BCUT2D eigenvalue weighted by Gasteiger charge is -2.08. The summed E-state index contributed by atoms with van der Waals surface area (Å²) in [5.74, 6) is 1.28. The topological polar surface area (TPSA) is 80.0 Å². The van der Waals surface area contributed by atoms with Gasteiger partial charge in [0.1, 0.15) is 5.76 Å². The number of aryl methyl sites for hydroxylation is 3. The van der Waals surface area contributed by atoms with E-state index in [1.54, 1.807) is 17.5 Å². The van der Waals surface area contributed by atoms with Crippen molar-refractivity contribution in [2.24, 2.45) is 0 Å². The monoisotopic (exact) mass is 342 g/mol. The molecule has 2 amide bonds. The van der Waals surface area contributed by atoms with Gasteiger partial charge in [0.15, 0.2) is 0 Å². The second kappa shape index (κ2) is 6.84. The third kappa shape index (κ3) is 3.80. The molecular weight excluding hydrogens is 324 g/mol. The molecule has 2 heterocycles. The molecule has 0 aliphatic heterocycles. The third-order valence-electron chi connectivity index (χ3n) is 3.40. The van der Waals surface area contributed by atoms with Gasteiger partial charge in [-0.3, -0.25) is 0 Å².